The molecule has 1 aromatic rings. The van der Waals surface area contributed by atoms with Crippen molar-refractivity contribution in [2.45, 2.75) is 32.4 Å². The lowest BCUT2D eigenvalue weighted by Gasteiger charge is -2.37. The number of hydrogen-bond donors (Lipinski definition) is 1. The fourth-order valence-electron chi connectivity index (χ4n) is 3.19. The molecule has 148 valence electrons. The summed E-state index contributed by atoms with van der Waals surface area (Å²) < 4.78 is 0.736. The largest absolute Gasteiger partial charge is 0.480 e. The van der Waals surface area contributed by atoms with Gasteiger partial charge in [-0.1, -0.05) is 18.5 Å². The molecule has 1 amide bonds. The first-order valence-electron chi connectivity index (χ1n) is 8.55. The van der Waals surface area contributed by atoms with Gasteiger partial charge in [0.2, 0.25) is 5.91 Å². The van der Waals surface area contributed by atoms with Crippen molar-refractivity contribution in [2.75, 3.05) is 39.8 Å². The Morgan fingerprint density at radius 1 is 1.35 bits per heavy atom. The zero-order valence-corrected chi connectivity index (χ0v) is 17.6. The molecule has 1 aliphatic rings. The van der Waals surface area contributed by atoms with Crippen molar-refractivity contribution in [1.29, 1.82) is 0 Å². The van der Waals surface area contributed by atoms with E-state index in [2.05, 4.69) is 4.90 Å². The third-order valence-electron chi connectivity index (χ3n) is 4.62. The lowest BCUT2D eigenvalue weighted by molar-refractivity contribution is -0.139. The van der Waals surface area contributed by atoms with Crippen LogP contribution in [-0.4, -0.2) is 77.5 Å². The second kappa shape index (κ2) is 11.1. The minimum atomic E-state index is -0.783. The van der Waals surface area contributed by atoms with Crippen molar-refractivity contribution < 1.29 is 14.7 Å². The SMILES string of the molecule is CCN(CC(=O)O)C1CCN(CC(=O)N(C)Cc2ccc(Cl)s2)CC1.Cl. The summed E-state index contributed by atoms with van der Waals surface area (Å²) in [6.45, 7) is 5.46. The number of likely N-dealkylation sites (tertiary alicyclic amines) is 1. The number of hydrogen-bond acceptors (Lipinski definition) is 5. The molecule has 1 aliphatic heterocycles. The van der Waals surface area contributed by atoms with Gasteiger partial charge < -0.3 is 10.0 Å². The smallest absolute Gasteiger partial charge is 0.317 e. The van der Waals surface area contributed by atoms with E-state index in [0.29, 0.717) is 19.1 Å². The number of rotatable bonds is 8. The molecule has 0 bridgehead atoms. The van der Waals surface area contributed by atoms with E-state index in [0.717, 1.165) is 41.7 Å². The van der Waals surface area contributed by atoms with E-state index in [4.69, 9.17) is 16.7 Å². The molecule has 2 heterocycles. The predicted octanol–water partition coefficient (Wildman–Crippen LogP) is 2.65. The van der Waals surface area contributed by atoms with Gasteiger partial charge in [-0.3, -0.25) is 19.4 Å². The fraction of sp³-hybridized carbons (Fsp3) is 0.647. The van der Waals surface area contributed by atoms with Crippen molar-refractivity contribution in [1.82, 2.24) is 14.7 Å². The molecule has 1 aromatic heterocycles. The third-order valence-corrected chi connectivity index (χ3v) is 5.84. The molecule has 1 saturated heterocycles. The summed E-state index contributed by atoms with van der Waals surface area (Å²) in [6.07, 6.45) is 1.80. The monoisotopic (exact) mass is 423 g/mol. The quantitative estimate of drug-likeness (QED) is 0.695. The van der Waals surface area contributed by atoms with Crippen LogP contribution in [0.25, 0.3) is 0 Å². The summed E-state index contributed by atoms with van der Waals surface area (Å²) >= 11 is 7.42. The van der Waals surface area contributed by atoms with Gasteiger partial charge in [-0.25, -0.2) is 0 Å². The molecule has 1 N–H and O–H groups in total. The van der Waals surface area contributed by atoms with Crippen molar-refractivity contribution >= 4 is 47.2 Å². The van der Waals surface area contributed by atoms with Gasteiger partial charge in [0.15, 0.2) is 0 Å². The molecule has 6 nitrogen and oxygen atoms in total. The molecule has 1 fully saturated rings. The molecular formula is C17H27Cl2N3O3S. The van der Waals surface area contributed by atoms with Crippen LogP contribution in [0.5, 0.6) is 0 Å². The number of amides is 1. The van der Waals surface area contributed by atoms with Crippen LogP contribution in [0.4, 0.5) is 0 Å². The van der Waals surface area contributed by atoms with Crippen LogP contribution in [0, 0.1) is 0 Å². The number of carboxylic acids is 1. The fourth-order valence-corrected chi connectivity index (χ4v) is 4.33. The summed E-state index contributed by atoms with van der Waals surface area (Å²) in [5, 5.41) is 8.99. The number of carbonyl (C=O) groups excluding carboxylic acids is 1. The van der Waals surface area contributed by atoms with Gasteiger partial charge in [0, 0.05) is 31.1 Å². The van der Waals surface area contributed by atoms with Gasteiger partial charge in [0.05, 0.1) is 24.0 Å². The zero-order chi connectivity index (χ0) is 18.4. The zero-order valence-electron chi connectivity index (χ0n) is 15.2. The average molecular weight is 424 g/mol. The maximum atomic E-state index is 12.4. The van der Waals surface area contributed by atoms with Gasteiger partial charge in [0.25, 0.3) is 0 Å². The van der Waals surface area contributed by atoms with Crippen LogP contribution >= 0.6 is 35.3 Å². The molecule has 0 aliphatic carbocycles. The maximum Gasteiger partial charge on any atom is 0.317 e. The predicted molar refractivity (Wildman–Crippen MR) is 107 cm³/mol. The van der Waals surface area contributed by atoms with Crippen molar-refractivity contribution in [3.05, 3.63) is 21.3 Å². The molecule has 9 heteroatoms. The minimum absolute atomic E-state index is 0. The molecule has 26 heavy (non-hydrogen) atoms. The highest BCUT2D eigenvalue weighted by Gasteiger charge is 2.26. The topological polar surface area (TPSA) is 64.1 Å². The van der Waals surface area contributed by atoms with Crippen LogP contribution in [0.1, 0.15) is 24.6 Å². The number of aliphatic carboxylic acids is 1. The molecule has 0 spiro atoms. The first-order valence-corrected chi connectivity index (χ1v) is 9.74. The molecule has 0 aromatic carbocycles. The Bertz CT molecular complexity index is 592. The minimum Gasteiger partial charge on any atom is -0.480 e. The van der Waals surface area contributed by atoms with Crippen molar-refractivity contribution in [3.8, 4) is 0 Å². The number of carboxylic acid groups (broad SMARTS) is 1. The Balaban J connectivity index is 0.00000338. The van der Waals surface area contributed by atoms with Gasteiger partial charge in [-0.2, -0.15) is 0 Å². The molecular weight excluding hydrogens is 397 g/mol. The summed E-state index contributed by atoms with van der Waals surface area (Å²) in [5.74, 6) is -0.685. The Morgan fingerprint density at radius 3 is 2.50 bits per heavy atom. The van der Waals surface area contributed by atoms with Crippen LogP contribution in [0.3, 0.4) is 0 Å². The molecule has 0 unspecified atom stereocenters. The number of likely N-dealkylation sites (N-methyl/N-ethyl adjacent to an activating group) is 2. The van der Waals surface area contributed by atoms with Gasteiger partial charge in [-0.15, -0.1) is 23.7 Å². The summed E-state index contributed by atoms with van der Waals surface area (Å²) in [7, 11) is 1.81. The maximum absolute atomic E-state index is 12.4. The number of nitrogens with zero attached hydrogens (tertiary/aromatic N) is 3. The van der Waals surface area contributed by atoms with E-state index >= 15 is 0 Å². The second-order valence-corrected chi connectivity index (χ2v) is 8.22. The number of carbonyl (C=O) groups is 2. The standard InChI is InChI=1S/C17H26ClN3O3S.ClH/c1-3-21(12-17(23)24)13-6-8-20(9-7-13)11-16(22)19(2)10-14-4-5-15(18)25-14;/h4-5,13H,3,6-12H2,1-2H3,(H,23,24);1H. The van der Waals surface area contributed by atoms with Crippen LogP contribution < -0.4 is 0 Å². The molecule has 0 saturated carbocycles. The van der Waals surface area contributed by atoms with Gasteiger partial charge in [0.1, 0.15) is 0 Å². The first kappa shape index (κ1) is 23.2. The Kier molecular flexibility index (Phi) is 9.89. The third kappa shape index (κ3) is 7.04. The Morgan fingerprint density at radius 2 is 2.00 bits per heavy atom. The number of halogens is 2. The number of piperidine rings is 1. The van der Waals surface area contributed by atoms with Crippen LogP contribution in [-0.2, 0) is 16.1 Å². The summed E-state index contributed by atoms with van der Waals surface area (Å²) in [4.78, 5) is 30.3. The van der Waals surface area contributed by atoms with Gasteiger partial charge >= 0.3 is 5.97 Å². The van der Waals surface area contributed by atoms with E-state index in [9.17, 15) is 9.59 Å². The van der Waals surface area contributed by atoms with Crippen molar-refractivity contribution in [3.63, 3.8) is 0 Å². The van der Waals surface area contributed by atoms with Crippen LogP contribution in [0.15, 0.2) is 12.1 Å². The van der Waals surface area contributed by atoms with E-state index in [1.165, 1.54) is 11.3 Å². The molecule has 2 rings (SSSR count). The van der Waals surface area contributed by atoms with E-state index < -0.39 is 5.97 Å². The average Bonchev–Trinajstić information content (AvgIpc) is 2.98. The highest BCUT2D eigenvalue weighted by atomic mass is 35.5. The molecule has 0 atom stereocenters. The highest BCUT2D eigenvalue weighted by molar-refractivity contribution is 7.16. The Labute approximate surface area is 170 Å². The van der Waals surface area contributed by atoms with E-state index in [1.54, 1.807) is 4.90 Å². The normalized spacial score (nSPS) is 15.7. The second-order valence-electron chi connectivity index (χ2n) is 6.42. The van der Waals surface area contributed by atoms with E-state index in [-0.39, 0.29) is 24.9 Å². The lowest BCUT2D eigenvalue weighted by Crippen LogP contribution is -2.48. The Hall–Kier alpha value is -0.860. The van der Waals surface area contributed by atoms with E-state index in [1.807, 2.05) is 31.0 Å². The summed E-state index contributed by atoms with van der Waals surface area (Å²) in [5.41, 5.74) is 0. The first-order chi connectivity index (χ1) is 11.9. The van der Waals surface area contributed by atoms with Crippen molar-refractivity contribution in [2.24, 2.45) is 0 Å². The van der Waals surface area contributed by atoms with Crippen LogP contribution in [0.2, 0.25) is 4.34 Å². The van der Waals surface area contributed by atoms with Gasteiger partial charge in [-0.05, 0) is 31.5 Å². The lowest BCUT2D eigenvalue weighted by atomic mass is 10.0. The molecule has 0 radical (unpaired) electrons. The highest BCUT2D eigenvalue weighted by Crippen LogP contribution is 2.22. The summed E-state index contributed by atoms with van der Waals surface area (Å²) in [6, 6.07) is 4.09. The number of thiophene rings is 1.